The molecule has 1 aliphatic rings. The minimum atomic E-state index is -0.715. The smallest absolute Gasteiger partial charge is 0.269 e. The molecule has 1 atom stereocenters. The van der Waals surface area contributed by atoms with E-state index in [0.29, 0.717) is 17.2 Å². The van der Waals surface area contributed by atoms with Gasteiger partial charge in [-0.2, -0.15) is 0 Å². The average Bonchev–Trinajstić information content (AvgIpc) is 2.79. The Bertz CT molecular complexity index is 1170. The van der Waals surface area contributed by atoms with Crippen LogP contribution in [0.2, 0.25) is 0 Å². The lowest BCUT2D eigenvalue weighted by atomic mass is 10.1. The normalized spacial score (nSPS) is 15.1. The molecule has 1 amide bonds. The Morgan fingerprint density at radius 1 is 0.897 bits per heavy atom. The molecule has 29 heavy (non-hydrogen) atoms. The van der Waals surface area contributed by atoms with Crippen molar-refractivity contribution in [2.75, 3.05) is 11.9 Å². The highest BCUT2D eigenvalue weighted by atomic mass is 16.6. The summed E-state index contributed by atoms with van der Waals surface area (Å²) in [4.78, 5) is 16.8. The zero-order chi connectivity index (χ0) is 19.6. The maximum absolute atomic E-state index is 12.7. The molecule has 5 rings (SSSR count). The van der Waals surface area contributed by atoms with Gasteiger partial charge in [-0.05, 0) is 46.8 Å². The zero-order valence-corrected chi connectivity index (χ0v) is 15.5. The highest BCUT2D eigenvalue weighted by Crippen LogP contribution is 2.38. The van der Waals surface area contributed by atoms with E-state index in [9.17, 15) is 4.79 Å². The third-order valence-electron chi connectivity index (χ3n) is 4.95. The summed E-state index contributed by atoms with van der Waals surface area (Å²) < 4.78 is 11.8. The van der Waals surface area contributed by atoms with E-state index in [4.69, 9.17) is 9.47 Å². The number of carbonyl (C=O) groups excluding carboxylic acids is 1. The molecule has 142 valence electrons. The van der Waals surface area contributed by atoms with E-state index in [0.717, 1.165) is 21.9 Å². The molecule has 0 fully saturated rings. The van der Waals surface area contributed by atoms with Gasteiger partial charge in [-0.15, -0.1) is 0 Å². The number of aromatic nitrogens is 1. The predicted molar refractivity (Wildman–Crippen MR) is 112 cm³/mol. The number of amides is 1. The van der Waals surface area contributed by atoms with Crippen molar-refractivity contribution < 1.29 is 14.3 Å². The van der Waals surface area contributed by atoms with Crippen LogP contribution in [0.3, 0.4) is 0 Å². The quantitative estimate of drug-likeness (QED) is 0.559. The number of rotatable bonds is 3. The number of hydrogen-bond donors (Lipinski definition) is 1. The van der Waals surface area contributed by atoms with Crippen LogP contribution < -0.4 is 14.8 Å². The Labute approximate surface area is 167 Å². The summed E-state index contributed by atoms with van der Waals surface area (Å²) in [6.07, 6.45) is 2.80. The third kappa shape index (κ3) is 3.38. The summed E-state index contributed by atoms with van der Waals surface area (Å²) in [6.45, 7) is 0.173. The molecule has 0 saturated carbocycles. The number of fused-ring (bicyclic) bond motifs is 3. The van der Waals surface area contributed by atoms with Gasteiger partial charge in [0.25, 0.3) is 5.91 Å². The molecule has 1 unspecified atom stereocenters. The molecule has 0 bridgehead atoms. The third-order valence-corrected chi connectivity index (χ3v) is 4.95. The van der Waals surface area contributed by atoms with Crippen molar-refractivity contribution in [3.05, 3.63) is 85.2 Å². The minimum absolute atomic E-state index is 0.173. The molecule has 4 aromatic rings. The Hall–Kier alpha value is -3.86. The first-order chi connectivity index (χ1) is 14.3. The van der Waals surface area contributed by atoms with Gasteiger partial charge in [-0.25, -0.2) is 0 Å². The van der Waals surface area contributed by atoms with Crippen LogP contribution in [0.4, 0.5) is 5.69 Å². The Morgan fingerprint density at radius 2 is 1.66 bits per heavy atom. The molecule has 3 aromatic carbocycles. The topological polar surface area (TPSA) is 60.5 Å². The number of pyridine rings is 1. The number of benzene rings is 3. The molecule has 0 saturated heterocycles. The minimum Gasteiger partial charge on any atom is -0.485 e. The molecule has 0 aliphatic carbocycles. The second-order valence-electron chi connectivity index (χ2n) is 6.83. The lowest BCUT2D eigenvalue weighted by Gasteiger charge is -2.26. The first-order valence-corrected chi connectivity index (χ1v) is 9.40. The number of ether oxygens (including phenoxy) is 2. The summed E-state index contributed by atoms with van der Waals surface area (Å²) in [5.41, 5.74) is 2.84. The van der Waals surface area contributed by atoms with Gasteiger partial charge in [0, 0.05) is 23.5 Å². The molecule has 1 N–H and O–H groups in total. The van der Waals surface area contributed by atoms with Crippen LogP contribution in [0.5, 0.6) is 11.5 Å². The zero-order valence-electron chi connectivity index (χ0n) is 15.5. The van der Waals surface area contributed by atoms with E-state index in [1.807, 2.05) is 72.8 Å². The standard InChI is InChI=1S/C24H18N2O3/c27-24(26-19-8-5-16(6-9-19)17-11-13-25-14-12-17)22-15-28-21-10-7-18-3-1-2-4-20(18)23(21)29-22/h1-14,22H,15H2,(H,26,27). The summed E-state index contributed by atoms with van der Waals surface area (Å²) in [6, 6.07) is 23.3. The number of carbonyl (C=O) groups is 1. The Balaban J connectivity index is 1.33. The first kappa shape index (κ1) is 17.3. The van der Waals surface area contributed by atoms with Crippen molar-refractivity contribution in [1.82, 2.24) is 4.98 Å². The van der Waals surface area contributed by atoms with Gasteiger partial charge in [0.1, 0.15) is 6.61 Å². The first-order valence-electron chi connectivity index (χ1n) is 9.40. The van der Waals surface area contributed by atoms with E-state index in [1.54, 1.807) is 12.4 Å². The molecule has 0 spiro atoms. The van der Waals surface area contributed by atoms with Gasteiger partial charge >= 0.3 is 0 Å². The van der Waals surface area contributed by atoms with Gasteiger partial charge in [-0.1, -0.05) is 42.5 Å². The van der Waals surface area contributed by atoms with Crippen LogP contribution in [0.15, 0.2) is 85.2 Å². The fourth-order valence-electron chi connectivity index (χ4n) is 3.44. The monoisotopic (exact) mass is 382 g/mol. The second kappa shape index (κ2) is 7.28. The van der Waals surface area contributed by atoms with Gasteiger partial charge in [-0.3, -0.25) is 9.78 Å². The average molecular weight is 382 g/mol. The van der Waals surface area contributed by atoms with E-state index in [-0.39, 0.29) is 12.5 Å². The van der Waals surface area contributed by atoms with E-state index in [1.165, 1.54) is 0 Å². The van der Waals surface area contributed by atoms with E-state index < -0.39 is 6.10 Å². The number of nitrogens with one attached hydrogen (secondary N) is 1. The molecular weight excluding hydrogens is 364 g/mol. The van der Waals surface area contributed by atoms with Crippen LogP contribution in [0.1, 0.15) is 0 Å². The molecule has 5 nitrogen and oxygen atoms in total. The fourth-order valence-corrected chi connectivity index (χ4v) is 3.44. The van der Waals surface area contributed by atoms with E-state index >= 15 is 0 Å². The van der Waals surface area contributed by atoms with Crippen LogP contribution in [-0.2, 0) is 4.79 Å². The van der Waals surface area contributed by atoms with Crippen molar-refractivity contribution in [1.29, 1.82) is 0 Å². The molecule has 1 aromatic heterocycles. The number of hydrogen-bond acceptors (Lipinski definition) is 4. The molecular formula is C24H18N2O3. The second-order valence-corrected chi connectivity index (χ2v) is 6.83. The van der Waals surface area contributed by atoms with Crippen molar-refractivity contribution in [3.8, 4) is 22.6 Å². The number of nitrogens with zero attached hydrogens (tertiary/aromatic N) is 1. The lowest BCUT2D eigenvalue weighted by Crippen LogP contribution is -2.40. The maximum atomic E-state index is 12.7. The van der Waals surface area contributed by atoms with Gasteiger partial charge in [0.05, 0.1) is 0 Å². The highest BCUT2D eigenvalue weighted by Gasteiger charge is 2.28. The predicted octanol–water partition coefficient (Wildman–Crippen LogP) is 4.68. The molecule has 5 heteroatoms. The summed E-state index contributed by atoms with van der Waals surface area (Å²) in [5, 5.41) is 4.89. The maximum Gasteiger partial charge on any atom is 0.269 e. The Kier molecular flexibility index (Phi) is 4.33. The Morgan fingerprint density at radius 3 is 2.48 bits per heavy atom. The summed E-state index contributed by atoms with van der Waals surface area (Å²) in [5.74, 6) is 1.04. The molecule has 0 radical (unpaired) electrons. The van der Waals surface area contributed by atoms with Gasteiger partial charge < -0.3 is 14.8 Å². The van der Waals surface area contributed by atoms with Crippen LogP contribution in [0, 0.1) is 0 Å². The van der Waals surface area contributed by atoms with Crippen LogP contribution in [0.25, 0.3) is 21.9 Å². The van der Waals surface area contributed by atoms with Crippen LogP contribution in [-0.4, -0.2) is 23.6 Å². The van der Waals surface area contributed by atoms with Crippen molar-refractivity contribution in [2.24, 2.45) is 0 Å². The van der Waals surface area contributed by atoms with Crippen molar-refractivity contribution in [2.45, 2.75) is 6.10 Å². The van der Waals surface area contributed by atoms with Crippen molar-refractivity contribution in [3.63, 3.8) is 0 Å². The summed E-state index contributed by atoms with van der Waals surface area (Å²) in [7, 11) is 0. The fraction of sp³-hybridized carbons (Fsp3) is 0.0833. The summed E-state index contributed by atoms with van der Waals surface area (Å²) >= 11 is 0. The van der Waals surface area contributed by atoms with E-state index in [2.05, 4.69) is 10.3 Å². The lowest BCUT2D eigenvalue weighted by molar-refractivity contribution is -0.124. The molecule has 2 heterocycles. The molecule has 1 aliphatic heterocycles. The number of anilines is 1. The highest BCUT2D eigenvalue weighted by molar-refractivity contribution is 5.96. The van der Waals surface area contributed by atoms with Crippen molar-refractivity contribution >= 4 is 22.4 Å². The SMILES string of the molecule is O=C(Nc1ccc(-c2ccncc2)cc1)C1COc2ccc3ccccc3c2O1. The largest absolute Gasteiger partial charge is 0.485 e. The van der Waals surface area contributed by atoms with Crippen LogP contribution >= 0.6 is 0 Å². The van der Waals surface area contributed by atoms with Gasteiger partial charge in [0.2, 0.25) is 6.10 Å². The van der Waals surface area contributed by atoms with Gasteiger partial charge in [0.15, 0.2) is 11.5 Å².